The van der Waals surface area contributed by atoms with Crippen LogP contribution in [-0.4, -0.2) is 35.4 Å². The molecule has 2 heterocycles. The number of aromatic nitrogens is 1. The lowest BCUT2D eigenvalue weighted by Gasteiger charge is -2.32. The van der Waals surface area contributed by atoms with E-state index in [-0.39, 0.29) is 23.0 Å². The Morgan fingerprint density at radius 1 is 1.03 bits per heavy atom. The lowest BCUT2D eigenvalue weighted by atomic mass is 9.99. The molecule has 0 radical (unpaired) electrons. The maximum Gasteiger partial charge on any atom is 0.274 e. The van der Waals surface area contributed by atoms with Crippen molar-refractivity contribution in [2.45, 2.75) is 46.1 Å². The van der Waals surface area contributed by atoms with E-state index in [1.54, 1.807) is 6.07 Å². The fourth-order valence-electron chi connectivity index (χ4n) is 3.33. The fraction of sp³-hybridized carbons (Fsp3) is 0.435. The van der Waals surface area contributed by atoms with Gasteiger partial charge in [0.1, 0.15) is 5.69 Å². The number of nitrogens with one attached hydrogen (secondary N) is 2. The van der Waals surface area contributed by atoms with Crippen LogP contribution in [0.15, 0.2) is 42.6 Å². The van der Waals surface area contributed by atoms with Gasteiger partial charge in [-0.25, -0.2) is 0 Å². The molecular weight excluding hydrogens is 364 g/mol. The number of benzene rings is 1. The van der Waals surface area contributed by atoms with Gasteiger partial charge < -0.3 is 15.5 Å². The average Bonchev–Trinajstić information content (AvgIpc) is 2.68. The highest BCUT2D eigenvalue weighted by molar-refractivity contribution is 6.04. The van der Waals surface area contributed by atoms with E-state index in [0.717, 1.165) is 19.0 Å². The van der Waals surface area contributed by atoms with E-state index in [9.17, 15) is 9.59 Å². The highest BCUT2D eigenvalue weighted by Crippen LogP contribution is 2.24. The highest BCUT2D eigenvalue weighted by atomic mass is 16.2. The Hall–Kier alpha value is -2.89. The molecule has 6 nitrogen and oxygen atoms in total. The number of pyridine rings is 1. The predicted octanol–water partition coefficient (Wildman–Crippen LogP) is 4.10. The van der Waals surface area contributed by atoms with Gasteiger partial charge in [-0.3, -0.25) is 14.6 Å². The molecule has 1 aromatic carbocycles. The number of carbonyl (C=O) groups is 2. The normalized spacial score (nSPS) is 15.1. The monoisotopic (exact) mass is 394 g/mol. The van der Waals surface area contributed by atoms with Crippen molar-refractivity contribution in [3.05, 3.63) is 53.9 Å². The summed E-state index contributed by atoms with van der Waals surface area (Å²) in [5.41, 5.74) is 2.15. The van der Waals surface area contributed by atoms with Crippen LogP contribution in [0.25, 0.3) is 0 Å². The first-order chi connectivity index (χ1) is 13.7. The third-order valence-corrected chi connectivity index (χ3v) is 5.02. The molecule has 2 N–H and O–H groups in total. The number of anilines is 2. The van der Waals surface area contributed by atoms with Gasteiger partial charge in [-0.2, -0.15) is 0 Å². The Morgan fingerprint density at radius 3 is 2.31 bits per heavy atom. The van der Waals surface area contributed by atoms with E-state index in [0.29, 0.717) is 11.3 Å². The molecule has 29 heavy (non-hydrogen) atoms. The molecule has 1 aromatic heterocycles. The zero-order valence-corrected chi connectivity index (χ0v) is 17.7. The number of carbonyl (C=O) groups excluding carboxylic acids is 2. The van der Waals surface area contributed by atoms with Gasteiger partial charge in [0.15, 0.2) is 0 Å². The minimum atomic E-state index is -0.350. The SMILES string of the molecule is CC1CCN(c2ccc(NC(=O)c3cc(C(=O)NC(C)(C)C)ccn3)cc2)CC1. The van der Waals surface area contributed by atoms with Gasteiger partial charge in [-0.15, -0.1) is 0 Å². The molecule has 154 valence electrons. The standard InChI is InChI=1S/C23H30N4O2/c1-16-10-13-27(14-11-16)19-7-5-18(6-8-19)25-22(29)20-15-17(9-12-24-20)21(28)26-23(2,3)4/h5-9,12,15-16H,10-11,13-14H2,1-4H3,(H,25,29)(H,26,28). The van der Waals surface area contributed by atoms with E-state index in [2.05, 4.69) is 27.4 Å². The van der Waals surface area contributed by atoms with Gasteiger partial charge in [-0.1, -0.05) is 6.92 Å². The van der Waals surface area contributed by atoms with E-state index >= 15 is 0 Å². The lowest BCUT2D eigenvalue weighted by Crippen LogP contribution is -2.40. The Bertz CT molecular complexity index is 863. The minimum Gasteiger partial charge on any atom is -0.372 e. The van der Waals surface area contributed by atoms with Gasteiger partial charge >= 0.3 is 0 Å². The Balaban J connectivity index is 1.64. The van der Waals surface area contributed by atoms with Crippen molar-refractivity contribution < 1.29 is 9.59 Å². The zero-order valence-electron chi connectivity index (χ0n) is 17.7. The summed E-state index contributed by atoms with van der Waals surface area (Å²) in [6, 6.07) is 11.0. The molecule has 0 aliphatic carbocycles. The van der Waals surface area contributed by atoms with Crippen molar-refractivity contribution in [2.24, 2.45) is 5.92 Å². The summed E-state index contributed by atoms with van der Waals surface area (Å²) in [5.74, 6) is 0.225. The summed E-state index contributed by atoms with van der Waals surface area (Å²) in [4.78, 5) is 31.4. The second-order valence-electron chi connectivity index (χ2n) is 8.80. The van der Waals surface area contributed by atoms with Crippen molar-refractivity contribution in [1.29, 1.82) is 0 Å². The maximum atomic E-state index is 12.6. The van der Waals surface area contributed by atoms with Gasteiger partial charge in [0.2, 0.25) is 0 Å². The summed E-state index contributed by atoms with van der Waals surface area (Å²) in [6.07, 6.45) is 3.90. The average molecular weight is 395 g/mol. The van der Waals surface area contributed by atoms with Gasteiger partial charge in [0.05, 0.1) is 0 Å². The van der Waals surface area contributed by atoms with Crippen LogP contribution in [-0.2, 0) is 0 Å². The molecule has 0 unspecified atom stereocenters. The number of hydrogen-bond donors (Lipinski definition) is 2. The summed E-state index contributed by atoms with van der Waals surface area (Å²) in [5, 5.41) is 5.75. The zero-order chi connectivity index (χ0) is 21.0. The number of amides is 2. The summed E-state index contributed by atoms with van der Waals surface area (Å²) in [7, 11) is 0. The smallest absolute Gasteiger partial charge is 0.274 e. The third kappa shape index (κ3) is 5.79. The van der Waals surface area contributed by atoms with Crippen LogP contribution in [0.3, 0.4) is 0 Å². The van der Waals surface area contributed by atoms with Crippen LogP contribution in [0.1, 0.15) is 61.4 Å². The topological polar surface area (TPSA) is 74.3 Å². The van der Waals surface area contributed by atoms with E-state index in [1.807, 2.05) is 45.0 Å². The van der Waals surface area contributed by atoms with Crippen molar-refractivity contribution >= 4 is 23.2 Å². The number of rotatable bonds is 4. The Morgan fingerprint density at radius 2 is 1.69 bits per heavy atom. The molecule has 1 aliphatic rings. The molecular formula is C23H30N4O2. The lowest BCUT2D eigenvalue weighted by molar-refractivity contribution is 0.0919. The first-order valence-electron chi connectivity index (χ1n) is 10.2. The highest BCUT2D eigenvalue weighted by Gasteiger charge is 2.18. The molecule has 1 fully saturated rings. The number of nitrogens with zero attached hydrogens (tertiary/aromatic N) is 2. The van der Waals surface area contributed by atoms with Gasteiger partial charge in [-0.05, 0) is 75.9 Å². The quantitative estimate of drug-likeness (QED) is 0.819. The van der Waals surface area contributed by atoms with Crippen LogP contribution in [0.5, 0.6) is 0 Å². The number of hydrogen-bond acceptors (Lipinski definition) is 4. The first-order valence-corrected chi connectivity index (χ1v) is 10.2. The molecule has 3 rings (SSSR count). The third-order valence-electron chi connectivity index (χ3n) is 5.02. The summed E-state index contributed by atoms with van der Waals surface area (Å²) >= 11 is 0. The molecule has 6 heteroatoms. The largest absolute Gasteiger partial charge is 0.372 e. The van der Waals surface area contributed by atoms with Gasteiger partial charge in [0, 0.05) is 41.8 Å². The summed E-state index contributed by atoms with van der Waals surface area (Å²) < 4.78 is 0. The van der Waals surface area contributed by atoms with E-state index < -0.39 is 0 Å². The van der Waals surface area contributed by atoms with Crippen LogP contribution in [0, 0.1) is 5.92 Å². The van der Waals surface area contributed by atoms with E-state index in [4.69, 9.17) is 0 Å². The van der Waals surface area contributed by atoms with Crippen molar-refractivity contribution in [1.82, 2.24) is 10.3 Å². The fourth-order valence-corrected chi connectivity index (χ4v) is 3.33. The molecule has 1 saturated heterocycles. The minimum absolute atomic E-state index is 0.209. The van der Waals surface area contributed by atoms with E-state index in [1.165, 1.54) is 30.8 Å². The van der Waals surface area contributed by atoms with Crippen molar-refractivity contribution in [3.63, 3.8) is 0 Å². The second-order valence-corrected chi connectivity index (χ2v) is 8.80. The predicted molar refractivity (Wildman–Crippen MR) is 116 cm³/mol. The van der Waals surface area contributed by atoms with Crippen molar-refractivity contribution in [3.8, 4) is 0 Å². The summed E-state index contributed by atoms with van der Waals surface area (Å²) in [6.45, 7) is 10.2. The Labute approximate surface area is 172 Å². The molecule has 2 amide bonds. The second kappa shape index (κ2) is 8.64. The van der Waals surface area contributed by atoms with Crippen LogP contribution in [0.2, 0.25) is 0 Å². The number of piperidine rings is 1. The molecule has 0 spiro atoms. The molecule has 2 aromatic rings. The molecule has 1 aliphatic heterocycles. The first kappa shape index (κ1) is 20.8. The maximum absolute atomic E-state index is 12.6. The molecule has 0 bridgehead atoms. The van der Waals surface area contributed by atoms with Crippen LogP contribution in [0.4, 0.5) is 11.4 Å². The molecule has 0 saturated carbocycles. The molecule has 0 atom stereocenters. The van der Waals surface area contributed by atoms with Gasteiger partial charge in [0.25, 0.3) is 11.8 Å². The Kier molecular flexibility index (Phi) is 6.20. The van der Waals surface area contributed by atoms with Crippen LogP contribution >= 0.6 is 0 Å². The van der Waals surface area contributed by atoms with Crippen molar-refractivity contribution in [2.75, 3.05) is 23.3 Å². The van der Waals surface area contributed by atoms with Crippen LogP contribution < -0.4 is 15.5 Å².